The number of allylic oxidation sites excluding steroid dienone is 3. The number of benzene rings is 2. The molecule has 29 heavy (non-hydrogen) atoms. The lowest BCUT2D eigenvalue weighted by molar-refractivity contribution is 1.49. The van der Waals surface area contributed by atoms with Gasteiger partial charge in [0.15, 0.2) is 0 Å². The van der Waals surface area contributed by atoms with E-state index in [4.69, 9.17) is 0 Å². The molecule has 0 aliphatic heterocycles. The summed E-state index contributed by atoms with van der Waals surface area (Å²) in [5, 5.41) is 4.89. The van der Waals surface area contributed by atoms with Crippen molar-refractivity contribution in [3.05, 3.63) is 77.2 Å². The van der Waals surface area contributed by atoms with Crippen molar-refractivity contribution < 1.29 is 0 Å². The molecular weight excluding hydrogens is 348 g/mol. The fourth-order valence-electron chi connectivity index (χ4n) is 3.30. The predicted octanol–water partition coefficient (Wildman–Crippen LogP) is 8.39. The van der Waals surface area contributed by atoms with Gasteiger partial charge in [0.05, 0.1) is 0 Å². The van der Waals surface area contributed by atoms with Gasteiger partial charge in [-0.3, -0.25) is 0 Å². The van der Waals surface area contributed by atoms with Crippen LogP contribution < -0.4 is 10.4 Å². The Balaban J connectivity index is 0. The van der Waals surface area contributed by atoms with Gasteiger partial charge in [-0.05, 0) is 64.2 Å². The summed E-state index contributed by atoms with van der Waals surface area (Å²) >= 11 is 0. The van der Waals surface area contributed by atoms with E-state index < -0.39 is 0 Å². The second-order valence-electron chi connectivity index (χ2n) is 5.32. The van der Waals surface area contributed by atoms with Crippen molar-refractivity contribution in [1.29, 1.82) is 0 Å². The summed E-state index contributed by atoms with van der Waals surface area (Å²) < 4.78 is 0. The van der Waals surface area contributed by atoms with E-state index in [-0.39, 0.29) is 0 Å². The third-order valence-electron chi connectivity index (χ3n) is 4.31. The Hall–Kier alpha value is -2.60. The Labute approximate surface area is 180 Å². The molecule has 0 aromatic heterocycles. The molecule has 2 aromatic carbocycles. The predicted molar refractivity (Wildman–Crippen MR) is 142 cm³/mol. The van der Waals surface area contributed by atoms with Crippen LogP contribution in [0.15, 0.2) is 50.1 Å². The molecule has 0 saturated heterocycles. The van der Waals surface area contributed by atoms with E-state index >= 15 is 0 Å². The van der Waals surface area contributed by atoms with Crippen LogP contribution in [0.25, 0.3) is 40.6 Å². The molecule has 2 aromatic rings. The molecular formula is C29H42. The molecule has 0 fully saturated rings. The van der Waals surface area contributed by atoms with E-state index in [2.05, 4.69) is 70.0 Å². The van der Waals surface area contributed by atoms with Gasteiger partial charge in [-0.25, -0.2) is 0 Å². The van der Waals surface area contributed by atoms with Crippen molar-refractivity contribution in [2.24, 2.45) is 0 Å². The summed E-state index contributed by atoms with van der Waals surface area (Å²) in [6, 6.07) is 6.38. The molecule has 158 valence electrons. The molecule has 0 radical (unpaired) electrons. The minimum atomic E-state index is 1.13. The van der Waals surface area contributed by atoms with Gasteiger partial charge in [-0.1, -0.05) is 116 Å². The van der Waals surface area contributed by atoms with Crippen molar-refractivity contribution in [3.8, 4) is 0 Å². The van der Waals surface area contributed by atoms with Crippen molar-refractivity contribution >= 4 is 40.6 Å². The van der Waals surface area contributed by atoms with E-state index in [0.29, 0.717) is 0 Å². The molecule has 0 spiro atoms. The van der Waals surface area contributed by atoms with Crippen LogP contribution in [0.2, 0.25) is 0 Å². The summed E-state index contributed by atoms with van der Waals surface area (Å²) in [6.45, 7) is 30.2. The second-order valence-corrected chi connectivity index (χ2v) is 5.32. The van der Waals surface area contributed by atoms with Gasteiger partial charge in [0.2, 0.25) is 0 Å². The summed E-state index contributed by atoms with van der Waals surface area (Å²) in [7, 11) is 0. The van der Waals surface area contributed by atoms with Crippen LogP contribution in [-0.2, 0) is 0 Å². The maximum atomic E-state index is 4.07. The maximum Gasteiger partial charge on any atom is -0.00300 e. The Bertz CT molecular complexity index is 934. The highest BCUT2D eigenvalue weighted by atomic mass is 14.2. The van der Waals surface area contributed by atoms with E-state index in [1.807, 2.05) is 66.7 Å². The van der Waals surface area contributed by atoms with Gasteiger partial charge in [-0.2, -0.15) is 0 Å². The van der Waals surface area contributed by atoms with Crippen LogP contribution in [0.3, 0.4) is 0 Å². The molecule has 0 heteroatoms. The Morgan fingerprint density at radius 2 is 1.31 bits per heavy atom. The third-order valence-corrected chi connectivity index (χ3v) is 4.31. The molecule has 0 atom stereocenters. The molecule has 0 unspecified atom stereocenters. The van der Waals surface area contributed by atoms with Gasteiger partial charge in [-0.15, -0.1) is 0 Å². The summed E-state index contributed by atoms with van der Waals surface area (Å²) in [5.41, 5.74) is 4.62. The minimum Gasteiger partial charge on any atom is -0.0985 e. The zero-order chi connectivity index (χ0) is 23.0. The van der Waals surface area contributed by atoms with Gasteiger partial charge in [0, 0.05) is 0 Å². The SMILES string of the molecule is C=C/C(=C/C)c1c(C=C)/c(=C/C)c2c(C=C)cccc2/c1=C/C.CC.CC.CC. The van der Waals surface area contributed by atoms with Crippen molar-refractivity contribution in [1.82, 2.24) is 0 Å². The molecule has 0 aliphatic carbocycles. The highest BCUT2D eigenvalue weighted by Gasteiger charge is 2.12. The second kappa shape index (κ2) is 16.4. The van der Waals surface area contributed by atoms with E-state index in [1.165, 1.54) is 26.8 Å². The fraction of sp³-hybridized carbons (Fsp3) is 0.310. The van der Waals surface area contributed by atoms with E-state index in [9.17, 15) is 0 Å². The number of hydrogen-bond donors (Lipinski definition) is 0. The smallest absolute Gasteiger partial charge is 0.00300 e. The van der Waals surface area contributed by atoms with Gasteiger partial charge >= 0.3 is 0 Å². The Morgan fingerprint density at radius 3 is 1.69 bits per heavy atom. The lowest BCUT2D eigenvalue weighted by Gasteiger charge is -2.15. The monoisotopic (exact) mass is 390 g/mol. The average Bonchev–Trinajstić information content (AvgIpc) is 2.82. The molecule has 0 aliphatic rings. The molecule has 0 bridgehead atoms. The quantitative estimate of drug-likeness (QED) is 0.460. The van der Waals surface area contributed by atoms with Crippen molar-refractivity contribution in [2.45, 2.75) is 62.3 Å². The normalized spacial score (nSPS) is 11.3. The molecule has 0 amide bonds. The van der Waals surface area contributed by atoms with Gasteiger partial charge in [0.25, 0.3) is 0 Å². The Morgan fingerprint density at radius 1 is 0.759 bits per heavy atom. The summed E-state index contributed by atoms with van der Waals surface area (Å²) in [5.74, 6) is 0. The van der Waals surface area contributed by atoms with Crippen molar-refractivity contribution in [3.63, 3.8) is 0 Å². The molecule has 2 rings (SSSR count). The molecule has 0 saturated carbocycles. The van der Waals surface area contributed by atoms with Crippen LogP contribution in [0.5, 0.6) is 0 Å². The summed E-state index contributed by atoms with van der Waals surface area (Å²) in [4.78, 5) is 0. The third kappa shape index (κ3) is 6.19. The molecule has 0 nitrogen and oxygen atoms in total. The first-order valence-corrected chi connectivity index (χ1v) is 10.9. The maximum absolute atomic E-state index is 4.07. The highest BCUT2D eigenvalue weighted by molar-refractivity contribution is 5.98. The number of hydrogen-bond acceptors (Lipinski definition) is 0. The zero-order valence-electron chi connectivity index (χ0n) is 20.3. The topological polar surface area (TPSA) is 0 Å². The van der Waals surface area contributed by atoms with Crippen LogP contribution >= 0.6 is 0 Å². The molecule has 0 heterocycles. The Kier molecular flexibility index (Phi) is 16.1. The first-order valence-electron chi connectivity index (χ1n) is 10.9. The highest BCUT2D eigenvalue weighted by Crippen LogP contribution is 2.22. The van der Waals surface area contributed by atoms with Gasteiger partial charge in [0.1, 0.15) is 0 Å². The van der Waals surface area contributed by atoms with Crippen LogP contribution in [0.1, 0.15) is 79.0 Å². The van der Waals surface area contributed by atoms with Crippen molar-refractivity contribution in [2.75, 3.05) is 0 Å². The largest absolute Gasteiger partial charge is 0.0985 e. The minimum absolute atomic E-state index is 1.13. The first-order chi connectivity index (χ1) is 14.2. The standard InChI is InChI=1S/C23H24.3C2H6/c1-7-16(8-2)22-18(10-4)19(11-5)23-17(9-3)14-13-15-21(23)20(22)12-6;3*1-2/h7-15H,1,3-4H2,2,5-6H3;3*1-2H3/b16-8-,19-11-,20-12-;;;. The van der Waals surface area contributed by atoms with Gasteiger partial charge < -0.3 is 0 Å². The lowest BCUT2D eigenvalue weighted by atomic mass is 9.88. The number of fused-ring (bicyclic) bond motifs is 1. The van der Waals surface area contributed by atoms with E-state index in [0.717, 1.165) is 16.7 Å². The number of rotatable bonds is 4. The van der Waals surface area contributed by atoms with Crippen LogP contribution in [-0.4, -0.2) is 0 Å². The summed E-state index contributed by atoms with van der Waals surface area (Å²) in [6.07, 6.45) is 12.2. The first kappa shape index (κ1) is 28.6. The lowest BCUT2D eigenvalue weighted by Crippen LogP contribution is -2.22. The van der Waals surface area contributed by atoms with E-state index in [1.54, 1.807) is 0 Å². The van der Waals surface area contributed by atoms with Crippen LogP contribution in [0, 0.1) is 0 Å². The fourth-order valence-corrected chi connectivity index (χ4v) is 3.30. The zero-order valence-corrected chi connectivity index (χ0v) is 20.3. The van der Waals surface area contributed by atoms with Crippen LogP contribution in [0.4, 0.5) is 0 Å². The molecule has 0 N–H and O–H groups in total. The average molecular weight is 391 g/mol.